The van der Waals surface area contributed by atoms with Gasteiger partial charge in [-0.2, -0.15) is 22.0 Å². The highest BCUT2D eigenvalue weighted by atomic mass is 19.4. The Labute approximate surface area is 219 Å². The van der Waals surface area contributed by atoms with E-state index >= 15 is 0 Å². The lowest BCUT2D eigenvalue weighted by atomic mass is 10.1. The molecule has 0 saturated heterocycles. The fourth-order valence-corrected chi connectivity index (χ4v) is 3.32. The number of nitro groups is 1. The molecule has 9 nitrogen and oxygen atoms in total. The smallest absolute Gasteiger partial charge is 0.421 e. The minimum Gasteiger partial charge on any atom is -0.474 e. The van der Waals surface area contributed by atoms with Crippen LogP contribution in [0.5, 0.6) is 5.88 Å². The summed E-state index contributed by atoms with van der Waals surface area (Å²) in [6, 6.07) is 8.50. The number of pyridine rings is 1. The third-order valence-electron chi connectivity index (χ3n) is 5.31. The van der Waals surface area contributed by atoms with Crippen molar-refractivity contribution in [3.63, 3.8) is 0 Å². The molecule has 3 rings (SSSR count). The molecule has 3 aromatic rings. The molecule has 2 unspecified atom stereocenters. The van der Waals surface area contributed by atoms with Crippen molar-refractivity contribution in [2.75, 3.05) is 0 Å². The third kappa shape index (κ3) is 7.22. The van der Waals surface area contributed by atoms with Crippen LogP contribution in [0, 0.1) is 10.1 Å². The molecule has 39 heavy (non-hydrogen) atoms. The standard InChI is InChI=1S/C25H23F5N4O5/c1-4-6-10-15(3)38-21-17(25(28,29)30)13-18(34(35)36)19(31-21)22-32-33-23(39-22)20(24(26,27)5-2)37-14-16-11-8-7-9-12-16/h4-5,7-9,11-13,15,20H,1-2,6,10,14H2,3H3. The minimum atomic E-state index is -5.06. The number of rotatable bonds is 13. The molecular weight excluding hydrogens is 531 g/mol. The predicted octanol–water partition coefficient (Wildman–Crippen LogP) is 6.87. The Morgan fingerprint density at radius 1 is 1.15 bits per heavy atom. The Hall–Kier alpha value is -4.20. The van der Waals surface area contributed by atoms with Crippen molar-refractivity contribution >= 4 is 5.69 Å². The summed E-state index contributed by atoms with van der Waals surface area (Å²) < 4.78 is 86.4. The van der Waals surface area contributed by atoms with Crippen molar-refractivity contribution < 1.29 is 40.8 Å². The molecule has 14 heteroatoms. The lowest BCUT2D eigenvalue weighted by Crippen LogP contribution is -2.26. The number of alkyl halides is 5. The van der Waals surface area contributed by atoms with Crippen molar-refractivity contribution in [1.29, 1.82) is 0 Å². The summed E-state index contributed by atoms with van der Waals surface area (Å²) in [6.45, 7) is 7.78. The van der Waals surface area contributed by atoms with Crippen molar-refractivity contribution in [1.82, 2.24) is 15.2 Å². The fourth-order valence-electron chi connectivity index (χ4n) is 3.32. The van der Waals surface area contributed by atoms with Gasteiger partial charge in [0.1, 0.15) is 5.56 Å². The maximum atomic E-state index is 14.7. The highest BCUT2D eigenvalue weighted by Gasteiger charge is 2.44. The minimum absolute atomic E-state index is 0.212. The maximum absolute atomic E-state index is 14.7. The van der Waals surface area contributed by atoms with E-state index < -0.39 is 63.8 Å². The van der Waals surface area contributed by atoms with Crippen molar-refractivity contribution in [3.05, 3.63) is 88.8 Å². The number of allylic oxidation sites excluding steroid dienone is 1. The van der Waals surface area contributed by atoms with Crippen LogP contribution in [0.25, 0.3) is 11.6 Å². The molecule has 0 radical (unpaired) electrons. The zero-order valence-corrected chi connectivity index (χ0v) is 20.5. The van der Waals surface area contributed by atoms with E-state index in [0.717, 1.165) is 0 Å². The Bertz CT molecular complexity index is 1310. The SMILES string of the molecule is C=CCCC(C)Oc1nc(-c2nnc(C(OCc3ccccc3)C(F)(F)C=C)o2)c([N+](=O)[O-])cc1C(F)(F)F. The first kappa shape index (κ1) is 29.4. The summed E-state index contributed by atoms with van der Waals surface area (Å²) in [5.74, 6) is -6.30. The largest absolute Gasteiger partial charge is 0.474 e. The molecule has 2 atom stereocenters. The summed E-state index contributed by atoms with van der Waals surface area (Å²) in [5, 5.41) is 18.7. The Morgan fingerprint density at radius 3 is 2.44 bits per heavy atom. The topological polar surface area (TPSA) is 113 Å². The average Bonchev–Trinajstić information content (AvgIpc) is 3.36. The molecule has 0 bridgehead atoms. The molecule has 0 spiro atoms. The van der Waals surface area contributed by atoms with Crippen molar-refractivity contribution in [2.45, 2.75) is 50.7 Å². The molecule has 2 heterocycles. The van der Waals surface area contributed by atoms with E-state index in [1.54, 1.807) is 30.3 Å². The molecule has 0 saturated carbocycles. The van der Waals surface area contributed by atoms with Crippen molar-refractivity contribution in [3.8, 4) is 17.5 Å². The van der Waals surface area contributed by atoms with E-state index in [1.165, 1.54) is 13.0 Å². The monoisotopic (exact) mass is 554 g/mol. The quantitative estimate of drug-likeness (QED) is 0.0973. The predicted molar refractivity (Wildman–Crippen MR) is 128 cm³/mol. The van der Waals surface area contributed by atoms with Crippen LogP contribution in [0.3, 0.4) is 0 Å². The van der Waals surface area contributed by atoms with Gasteiger partial charge in [0, 0.05) is 6.07 Å². The number of ether oxygens (including phenoxy) is 2. The Morgan fingerprint density at radius 2 is 1.85 bits per heavy atom. The molecule has 0 amide bonds. The lowest BCUT2D eigenvalue weighted by Gasteiger charge is -2.21. The van der Waals surface area contributed by atoms with Crippen LogP contribution in [-0.4, -0.2) is 32.1 Å². The Balaban J connectivity index is 2.06. The maximum Gasteiger partial charge on any atom is 0.421 e. The van der Waals surface area contributed by atoms with Gasteiger partial charge in [0.05, 0.1) is 17.6 Å². The second kappa shape index (κ2) is 12.1. The molecule has 0 aliphatic rings. The van der Waals surface area contributed by atoms with Gasteiger partial charge >= 0.3 is 17.8 Å². The van der Waals surface area contributed by atoms with Gasteiger partial charge in [-0.05, 0) is 31.4 Å². The van der Waals surface area contributed by atoms with E-state index in [1.807, 2.05) is 0 Å². The van der Waals surface area contributed by atoms with Gasteiger partial charge in [0.2, 0.25) is 17.7 Å². The van der Waals surface area contributed by atoms with E-state index in [0.29, 0.717) is 18.1 Å². The number of aromatic nitrogens is 3. The first-order chi connectivity index (χ1) is 18.4. The van der Waals surface area contributed by atoms with Gasteiger partial charge < -0.3 is 13.9 Å². The number of nitrogens with zero attached hydrogens (tertiary/aromatic N) is 4. The van der Waals surface area contributed by atoms with Crippen LogP contribution in [0.15, 0.2) is 66.1 Å². The second-order valence-corrected chi connectivity index (χ2v) is 8.26. The molecule has 0 N–H and O–H groups in total. The van der Waals surface area contributed by atoms with E-state index in [2.05, 4.69) is 28.3 Å². The normalized spacial score (nSPS) is 13.5. The Kier molecular flexibility index (Phi) is 9.11. The van der Waals surface area contributed by atoms with Gasteiger partial charge in [0.15, 0.2) is 0 Å². The van der Waals surface area contributed by atoms with Crippen LogP contribution in [0.2, 0.25) is 0 Å². The number of halogens is 5. The lowest BCUT2D eigenvalue weighted by molar-refractivity contribution is -0.384. The molecule has 0 fully saturated rings. The third-order valence-corrected chi connectivity index (χ3v) is 5.31. The van der Waals surface area contributed by atoms with Gasteiger partial charge in [-0.25, -0.2) is 4.98 Å². The molecule has 0 aliphatic heterocycles. The average molecular weight is 554 g/mol. The van der Waals surface area contributed by atoms with Crippen LogP contribution in [0.1, 0.15) is 42.9 Å². The summed E-state index contributed by atoms with van der Waals surface area (Å²) in [5.41, 5.74) is -2.93. The van der Waals surface area contributed by atoms with Crippen LogP contribution < -0.4 is 4.74 Å². The van der Waals surface area contributed by atoms with Crippen LogP contribution in [-0.2, 0) is 17.5 Å². The highest BCUT2D eigenvalue weighted by molar-refractivity contribution is 5.64. The fraction of sp³-hybridized carbons (Fsp3) is 0.320. The van der Waals surface area contributed by atoms with Gasteiger partial charge in [-0.15, -0.1) is 16.8 Å². The molecule has 1 aromatic carbocycles. The zero-order chi connectivity index (χ0) is 28.8. The van der Waals surface area contributed by atoms with Gasteiger partial charge in [0.25, 0.3) is 11.8 Å². The first-order valence-electron chi connectivity index (χ1n) is 11.4. The summed E-state index contributed by atoms with van der Waals surface area (Å²) >= 11 is 0. The second-order valence-electron chi connectivity index (χ2n) is 8.26. The summed E-state index contributed by atoms with van der Waals surface area (Å²) in [4.78, 5) is 14.2. The van der Waals surface area contributed by atoms with E-state index in [4.69, 9.17) is 13.9 Å². The van der Waals surface area contributed by atoms with Crippen LogP contribution in [0.4, 0.5) is 27.6 Å². The summed E-state index contributed by atoms with van der Waals surface area (Å²) in [6.07, 6.45) is -5.50. The first-order valence-corrected chi connectivity index (χ1v) is 11.4. The zero-order valence-electron chi connectivity index (χ0n) is 20.5. The van der Waals surface area contributed by atoms with E-state index in [-0.39, 0.29) is 19.1 Å². The molecule has 208 valence electrons. The number of benzene rings is 1. The number of hydrogen-bond donors (Lipinski definition) is 0. The van der Waals surface area contributed by atoms with Gasteiger partial charge in [-0.1, -0.05) is 43.0 Å². The van der Waals surface area contributed by atoms with Crippen LogP contribution >= 0.6 is 0 Å². The molecule has 2 aromatic heterocycles. The molecular formula is C25H23F5N4O5. The number of hydrogen-bond acceptors (Lipinski definition) is 8. The van der Waals surface area contributed by atoms with E-state index in [9.17, 15) is 32.1 Å². The van der Waals surface area contributed by atoms with Gasteiger partial charge in [-0.3, -0.25) is 10.1 Å². The molecule has 0 aliphatic carbocycles. The highest BCUT2D eigenvalue weighted by Crippen LogP contribution is 2.42. The van der Waals surface area contributed by atoms with Crippen molar-refractivity contribution in [2.24, 2.45) is 0 Å². The summed E-state index contributed by atoms with van der Waals surface area (Å²) in [7, 11) is 0.